The Hall–Kier alpha value is -2.77. The zero-order valence-corrected chi connectivity index (χ0v) is 19.2. The van der Waals surface area contributed by atoms with Crippen LogP contribution in [0, 0.1) is 20.8 Å². The van der Waals surface area contributed by atoms with Crippen molar-refractivity contribution in [3.8, 4) is 11.5 Å². The molecule has 158 valence electrons. The van der Waals surface area contributed by atoms with Crippen molar-refractivity contribution in [2.45, 2.75) is 38.2 Å². The van der Waals surface area contributed by atoms with Crippen molar-refractivity contribution in [1.29, 1.82) is 0 Å². The number of ether oxygens (including phenoxy) is 2. The number of aromatic nitrogens is 2. The Morgan fingerprint density at radius 3 is 2.65 bits per heavy atom. The molecule has 0 N–H and O–H groups in total. The summed E-state index contributed by atoms with van der Waals surface area (Å²) < 4.78 is 13.4. The minimum atomic E-state index is -0.00230. The number of rotatable bonds is 5. The Kier molecular flexibility index (Phi) is 5.24. The molecule has 3 heterocycles. The topological polar surface area (TPSA) is 53.4 Å². The van der Waals surface area contributed by atoms with Crippen LogP contribution in [-0.2, 0) is 12.3 Å². The number of hydrogen-bond acceptors (Lipinski definition) is 6. The molecule has 2 aromatic heterocycles. The first kappa shape index (κ1) is 20.2. The summed E-state index contributed by atoms with van der Waals surface area (Å²) in [4.78, 5) is 18.1. The van der Waals surface area contributed by atoms with Crippen LogP contribution in [0.15, 0.2) is 51.7 Å². The van der Waals surface area contributed by atoms with Gasteiger partial charge >= 0.3 is 0 Å². The van der Waals surface area contributed by atoms with Crippen LogP contribution in [0.5, 0.6) is 11.5 Å². The number of thioether (sulfide) groups is 1. The predicted molar refractivity (Wildman–Crippen MR) is 126 cm³/mol. The third-order valence-corrected chi connectivity index (χ3v) is 7.39. The zero-order valence-electron chi connectivity index (χ0n) is 17.6. The lowest BCUT2D eigenvalue weighted by atomic mass is 10.0. The van der Waals surface area contributed by atoms with Gasteiger partial charge < -0.3 is 9.47 Å². The fourth-order valence-corrected chi connectivity index (χ4v) is 5.94. The molecule has 5 rings (SSSR count). The second-order valence-electron chi connectivity index (χ2n) is 7.77. The van der Waals surface area contributed by atoms with Gasteiger partial charge in [0.1, 0.15) is 4.70 Å². The van der Waals surface area contributed by atoms with Gasteiger partial charge in [-0.2, -0.15) is 0 Å². The summed E-state index contributed by atoms with van der Waals surface area (Å²) in [6.07, 6.45) is 0. The third kappa shape index (κ3) is 3.83. The van der Waals surface area contributed by atoms with Gasteiger partial charge in [0.05, 0.1) is 12.1 Å². The molecule has 2 aromatic carbocycles. The molecule has 7 heteroatoms. The standard InChI is InChI=1S/C24H22N2O3S2/c1-14-8-15(2)18(16(3)9-14)12-31-24-25-19-6-7-30-22(19)23(27)26(24)11-17-4-5-20-21(10-17)29-13-28-20/h4-10H,11-13H2,1-3H3. The molecule has 0 spiro atoms. The summed E-state index contributed by atoms with van der Waals surface area (Å²) in [6, 6.07) is 12.1. The highest BCUT2D eigenvalue weighted by Crippen LogP contribution is 2.33. The largest absolute Gasteiger partial charge is 0.454 e. The average Bonchev–Trinajstić information content (AvgIpc) is 3.38. The van der Waals surface area contributed by atoms with Crippen molar-refractivity contribution in [3.05, 3.63) is 79.9 Å². The number of nitrogens with zero attached hydrogens (tertiary/aromatic N) is 2. The minimum Gasteiger partial charge on any atom is -0.454 e. The first-order valence-electron chi connectivity index (χ1n) is 10.1. The SMILES string of the molecule is Cc1cc(C)c(CSc2nc3ccsc3c(=O)n2Cc2ccc3c(c2)OCO3)c(C)c1. The second-order valence-corrected chi connectivity index (χ2v) is 9.63. The van der Waals surface area contributed by atoms with E-state index in [0.29, 0.717) is 11.2 Å². The fourth-order valence-electron chi connectivity index (χ4n) is 3.97. The lowest BCUT2D eigenvalue weighted by Gasteiger charge is -2.15. The number of thiophene rings is 1. The number of fused-ring (bicyclic) bond motifs is 2. The maximum atomic E-state index is 13.3. The van der Waals surface area contributed by atoms with Crippen molar-refractivity contribution >= 4 is 33.3 Å². The molecule has 0 saturated carbocycles. The van der Waals surface area contributed by atoms with Crippen molar-refractivity contribution in [1.82, 2.24) is 9.55 Å². The van der Waals surface area contributed by atoms with E-state index in [9.17, 15) is 4.79 Å². The highest BCUT2D eigenvalue weighted by Gasteiger charge is 2.17. The van der Waals surface area contributed by atoms with E-state index in [-0.39, 0.29) is 12.4 Å². The van der Waals surface area contributed by atoms with E-state index in [2.05, 4.69) is 32.9 Å². The Balaban J connectivity index is 1.52. The summed E-state index contributed by atoms with van der Waals surface area (Å²) in [5, 5.41) is 2.65. The van der Waals surface area contributed by atoms with Crippen LogP contribution in [0.1, 0.15) is 27.8 Å². The molecule has 0 fully saturated rings. The Bertz CT molecular complexity index is 1330. The summed E-state index contributed by atoms with van der Waals surface area (Å²) in [5.41, 5.74) is 6.84. The Morgan fingerprint density at radius 1 is 1.06 bits per heavy atom. The van der Waals surface area contributed by atoms with Gasteiger partial charge in [0, 0.05) is 5.75 Å². The van der Waals surface area contributed by atoms with E-state index in [1.165, 1.54) is 33.6 Å². The minimum absolute atomic E-state index is 0.00230. The van der Waals surface area contributed by atoms with Gasteiger partial charge in [-0.25, -0.2) is 4.98 Å². The molecule has 1 aliphatic rings. The van der Waals surface area contributed by atoms with Gasteiger partial charge in [-0.05, 0) is 66.6 Å². The van der Waals surface area contributed by atoms with Gasteiger partial charge in [-0.1, -0.05) is 35.5 Å². The normalized spacial score (nSPS) is 12.6. The van der Waals surface area contributed by atoms with E-state index < -0.39 is 0 Å². The molecule has 31 heavy (non-hydrogen) atoms. The monoisotopic (exact) mass is 450 g/mol. The first-order chi connectivity index (χ1) is 15.0. The van der Waals surface area contributed by atoms with Crippen molar-refractivity contribution in [3.63, 3.8) is 0 Å². The van der Waals surface area contributed by atoms with Crippen molar-refractivity contribution < 1.29 is 9.47 Å². The van der Waals surface area contributed by atoms with Crippen LogP contribution < -0.4 is 15.0 Å². The Labute approximate surface area is 188 Å². The maximum absolute atomic E-state index is 13.3. The van der Waals surface area contributed by atoms with Crippen LogP contribution >= 0.6 is 23.1 Å². The van der Waals surface area contributed by atoms with E-state index in [0.717, 1.165) is 33.5 Å². The average molecular weight is 451 g/mol. The van der Waals surface area contributed by atoms with Crippen LogP contribution in [0.3, 0.4) is 0 Å². The lowest BCUT2D eigenvalue weighted by molar-refractivity contribution is 0.174. The van der Waals surface area contributed by atoms with Crippen LogP contribution in [-0.4, -0.2) is 16.3 Å². The Morgan fingerprint density at radius 2 is 1.84 bits per heavy atom. The van der Waals surface area contributed by atoms with E-state index in [4.69, 9.17) is 14.5 Å². The molecule has 0 amide bonds. The third-order valence-electron chi connectivity index (χ3n) is 5.49. The highest BCUT2D eigenvalue weighted by atomic mass is 32.2. The molecule has 5 nitrogen and oxygen atoms in total. The number of benzene rings is 2. The molecular weight excluding hydrogens is 428 g/mol. The maximum Gasteiger partial charge on any atom is 0.272 e. The molecule has 0 atom stereocenters. The van der Waals surface area contributed by atoms with E-state index in [1.807, 2.05) is 29.6 Å². The summed E-state index contributed by atoms with van der Waals surface area (Å²) >= 11 is 3.05. The van der Waals surface area contributed by atoms with E-state index in [1.54, 1.807) is 16.3 Å². The first-order valence-corrected chi connectivity index (χ1v) is 11.9. The molecule has 4 aromatic rings. The van der Waals surface area contributed by atoms with Gasteiger partial charge in [0.25, 0.3) is 5.56 Å². The predicted octanol–water partition coefficient (Wildman–Crippen LogP) is 5.45. The number of hydrogen-bond donors (Lipinski definition) is 0. The lowest BCUT2D eigenvalue weighted by Crippen LogP contribution is -2.23. The molecule has 1 aliphatic heterocycles. The fraction of sp³-hybridized carbons (Fsp3) is 0.250. The smallest absolute Gasteiger partial charge is 0.272 e. The molecule has 0 radical (unpaired) electrons. The number of aryl methyl sites for hydroxylation is 3. The highest BCUT2D eigenvalue weighted by molar-refractivity contribution is 7.98. The van der Waals surface area contributed by atoms with Gasteiger partial charge in [-0.3, -0.25) is 9.36 Å². The van der Waals surface area contributed by atoms with Gasteiger partial charge in [-0.15, -0.1) is 11.3 Å². The quantitative estimate of drug-likeness (QED) is 0.299. The zero-order chi connectivity index (χ0) is 21.5. The van der Waals surface area contributed by atoms with Gasteiger partial charge in [0.2, 0.25) is 6.79 Å². The second kappa shape index (κ2) is 8.05. The summed E-state index contributed by atoms with van der Waals surface area (Å²) in [5.74, 6) is 2.22. The molecule has 0 bridgehead atoms. The summed E-state index contributed by atoms with van der Waals surface area (Å²) in [7, 11) is 0. The molecular formula is C24H22N2O3S2. The molecule has 0 aliphatic carbocycles. The van der Waals surface area contributed by atoms with Gasteiger partial charge in [0.15, 0.2) is 16.7 Å². The molecule has 0 unspecified atom stereocenters. The van der Waals surface area contributed by atoms with Crippen molar-refractivity contribution in [2.75, 3.05) is 6.79 Å². The van der Waals surface area contributed by atoms with Crippen molar-refractivity contribution in [2.24, 2.45) is 0 Å². The van der Waals surface area contributed by atoms with Crippen LogP contribution in [0.2, 0.25) is 0 Å². The summed E-state index contributed by atoms with van der Waals surface area (Å²) in [6.45, 7) is 7.07. The molecule has 0 saturated heterocycles. The van der Waals surface area contributed by atoms with Crippen LogP contribution in [0.25, 0.3) is 10.2 Å². The van der Waals surface area contributed by atoms with Crippen LogP contribution in [0.4, 0.5) is 0 Å². The van der Waals surface area contributed by atoms with E-state index >= 15 is 0 Å².